The second-order valence-electron chi connectivity index (χ2n) is 10.4. The highest BCUT2D eigenvalue weighted by Crippen LogP contribution is 2.39. The molecule has 0 aliphatic carbocycles. The van der Waals surface area contributed by atoms with E-state index in [4.69, 9.17) is 10.7 Å². The van der Waals surface area contributed by atoms with E-state index in [0.29, 0.717) is 37.4 Å². The van der Waals surface area contributed by atoms with Gasteiger partial charge in [0.1, 0.15) is 11.6 Å². The molecule has 0 fully saturated rings. The Balaban J connectivity index is 1.91. The van der Waals surface area contributed by atoms with Gasteiger partial charge in [-0.2, -0.15) is 5.10 Å². The number of nitrogens with zero attached hydrogens (tertiary/aromatic N) is 5. The summed E-state index contributed by atoms with van der Waals surface area (Å²) in [6.07, 6.45) is 3.69. The van der Waals surface area contributed by atoms with E-state index in [1.54, 1.807) is 27.9 Å². The Kier molecular flexibility index (Phi) is 8.87. The fourth-order valence-electron chi connectivity index (χ4n) is 4.52. The normalized spacial score (nSPS) is 12.4. The first-order chi connectivity index (χ1) is 18.6. The van der Waals surface area contributed by atoms with Gasteiger partial charge < -0.3 is 10.6 Å². The summed E-state index contributed by atoms with van der Waals surface area (Å²) < 4.78 is 31.5. The molecule has 204 valence electrons. The maximum absolute atomic E-state index is 14.8. The van der Waals surface area contributed by atoms with E-state index in [0.717, 1.165) is 28.2 Å². The van der Waals surface area contributed by atoms with Gasteiger partial charge in [-0.05, 0) is 66.4 Å². The molecule has 39 heavy (non-hydrogen) atoms. The average molecular weight is 598 g/mol. The van der Waals surface area contributed by atoms with Crippen LogP contribution in [0.25, 0.3) is 11.4 Å². The third-order valence-corrected chi connectivity index (χ3v) is 6.73. The monoisotopic (exact) mass is 596 g/mol. The first kappa shape index (κ1) is 28.5. The Labute approximate surface area is 235 Å². The van der Waals surface area contributed by atoms with Gasteiger partial charge in [-0.15, -0.1) is 0 Å². The third kappa shape index (κ3) is 6.75. The van der Waals surface area contributed by atoms with Crippen molar-refractivity contribution in [2.45, 2.75) is 39.8 Å². The molecule has 0 bridgehead atoms. The van der Waals surface area contributed by atoms with Crippen LogP contribution in [0.5, 0.6) is 0 Å². The number of hydrogen-bond donors (Lipinski definition) is 1. The molecule has 2 aromatic carbocycles. The standard InChI is InChI=1S/C29H31BrF2N6O/c1-29(2,3)25(37(14-6-12-33)28(39)20-8-5-13-34-17-20)27-35-26(23-16-22(31)10-11-24(23)32)36-38(27)18-19-7-4-9-21(30)15-19/h4-5,7-11,13,15-17,25H,6,12,14,18,33H2,1-3H3/t25-/m0/s1. The van der Waals surface area contributed by atoms with Crippen LogP contribution < -0.4 is 5.73 Å². The molecule has 10 heteroatoms. The number of rotatable bonds is 9. The summed E-state index contributed by atoms with van der Waals surface area (Å²) in [6, 6.07) is 13.7. The summed E-state index contributed by atoms with van der Waals surface area (Å²) in [4.78, 5) is 24.5. The van der Waals surface area contributed by atoms with E-state index in [-0.39, 0.29) is 17.3 Å². The van der Waals surface area contributed by atoms with Crippen molar-refractivity contribution < 1.29 is 13.6 Å². The van der Waals surface area contributed by atoms with Crippen molar-refractivity contribution in [1.29, 1.82) is 0 Å². The van der Waals surface area contributed by atoms with Crippen LogP contribution in [0.2, 0.25) is 0 Å². The minimum Gasteiger partial charge on any atom is -0.330 e. The lowest BCUT2D eigenvalue weighted by molar-refractivity contribution is 0.0479. The number of carbonyl (C=O) groups excluding carboxylic acids is 1. The number of benzene rings is 2. The molecule has 0 radical (unpaired) electrons. The van der Waals surface area contributed by atoms with Gasteiger partial charge in [0.15, 0.2) is 11.6 Å². The number of aromatic nitrogens is 4. The van der Waals surface area contributed by atoms with E-state index in [2.05, 4.69) is 26.0 Å². The van der Waals surface area contributed by atoms with Gasteiger partial charge in [-0.3, -0.25) is 9.78 Å². The maximum atomic E-state index is 14.8. The zero-order chi connectivity index (χ0) is 28.2. The molecular formula is C29H31BrF2N6O. The number of halogens is 3. The van der Waals surface area contributed by atoms with Gasteiger partial charge >= 0.3 is 0 Å². The van der Waals surface area contributed by atoms with Crippen LogP contribution in [0.1, 0.15) is 55.0 Å². The summed E-state index contributed by atoms with van der Waals surface area (Å²) in [5.74, 6) is -0.970. The van der Waals surface area contributed by atoms with Crippen LogP contribution in [0.3, 0.4) is 0 Å². The first-order valence-corrected chi connectivity index (χ1v) is 13.4. The highest BCUT2D eigenvalue weighted by molar-refractivity contribution is 9.10. The molecule has 4 aromatic rings. The molecule has 2 aromatic heterocycles. The van der Waals surface area contributed by atoms with Crippen molar-refractivity contribution in [2.24, 2.45) is 11.1 Å². The highest BCUT2D eigenvalue weighted by atomic mass is 79.9. The van der Waals surface area contributed by atoms with Crippen molar-refractivity contribution in [1.82, 2.24) is 24.6 Å². The van der Waals surface area contributed by atoms with Crippen LogP contribution in [0.4, 0.5) is 8.78 Å². The Morgan fingerprint density at radius 3 is 2.59 bits per heavy atom. The molecule has 0 spiro atoms. The lowest BCUT2D eigenvalue weighted by Gasteiger charge is -2.39. The van der Waals surface area contributed by atoms with Gasteiger partial charge in [-0.25, -0.2) is 18.4 Å². The van der Waals surface area contributed by atoms with Crippen LogP contribution in [0, 0.1) is 17.0 Å². The summed E-state index contributed by atoms with van der Waals surface area (Å²) in [7, 11) is 0. The van der Waals surface area contributed by atoms with Crippen molar-refractivity contribution in [3.8, 4) is 11.4 Å². The van der Waals surface area contributed by atoms with Gasteiger partial charge in [0.25, 0.3) is 5.91 Å². The minimum absolute atomic E-state index is 0.0406. The van der Waals surface area contributed by atoms with E-state index in [1.165, 1.54) is 6.20 Å². The predicted octanol–water partition coefficient (Wildman–Crippen LogP) is 6.01. The van der Waals surface area contributed by atoms with Crippen LogP contribution in [0.15, 0.2) is 71.5 Å². The van der Waals surface area contributed by atoms with Crippen LogP contribution in [-0.2, 0) is 6.54 Å². The molecule has 0 aliphatic heterocycles. The third-order valence-electron chi connectivity index (χ3n) is 6.24. The summed E-state index contributed by atoms with van der Waals surface area (Å²) in [6.45, 7) is 7.06. The first-order valence-electron chi connectivity index (χ1n) is 12.6. The molecule has 0 saturated heterocycles. The smallest absolute Gasteiger partial charge is 0.256 e. The maximum Gasteiger partial charge on any atom is 0.256 e. The average Bonchev–Trinajstić information content (AvgIpc) is 3.29. The van der Waals surface area contributed by atoms with E-state index in [9.17, 15) is 13.6 Å². The lowest BCUT2D eigenvalue weighted by atomic mass is 9.84. The van der Waals surface area contributed by atoms with Crippen molar-refractivity contribution in [3.05, 3.63) is 100 Å². The number of carbonyl (C=O) groups is 1. The van der Waals surface area contributed by atoms with Crippen LogP contribution in [-0.4, -0.2) is 43.6 Å². The topological polar surface area (TPSA) is 89.9 Å². The number of pyridine rings is 1. The quantitative estimate of drug-likeness (QED) is 0.256. The van der Waals surface area contributed by atoms with E-state index < -0.39 is 23.1 Å². The highest BCUT2D eigenvalue weighted by Gasteiger charge is 2.39. The Morgan fingerprint density at radius 2 is 1.92 bits per heavy atom. The SMILES string of the molecule is CC(C)(C)[C@H](c1nc(-c2cc(F)ccc2F)nn1Cc1cccc(Br)c1)N(CCCN)C(=O)c1cccnc1. The van der Waals surface area contributed by atoms with Gasteiger partial charge in [0, 0.05) is 23.4 Å². The molecule has 0 unspecified atom stereocenters. The van der Waals surface area contributed by atoms with Crippen molar-refractivity contribution >= 4 is 21.8 Å². The Bertz CT molecular complexity index is 1440. The molecular weight excluding hydrogens is 566 g/mol. The molecule has 0 saturated carbocycles. The summed E-state index contributed by atoms with van der Waals surface area (Å²) in [5, 5.41) is 4.65. The van der Waals surface area contributed by atoms with Gasteiger partial charge in [-0.1, -0.05) is 48.8 Å². The molecule has 2 N–H and O–H groups in total. The minimum atomic E-state index is -0.638. The Hall–Kier alpha value is -3.50. The van der Waals surface area contributed by atoms with E-state index in [1.807, 2.05) is 45.0 Å². The van der Waals surface area contributed by atoms with Crippen LogP contribution >= 0.6 is 15.9 Å². The van der Waals surface area contributed by atoms with Crippen molar-refractivity contribution in [2.75, 3.05) is 13.1 Å². The molecule has 1 atom stereocenters. The number of hydrogen-bond acceptors (Lipinski definition) is 5. The molecule has 4 rings (SSSR count). The van der Waals surface area contributed by atoms with Gasteiger partial charge in [0.2, 0.25) is 0 Å². The fraction of sp³-hybridized carbons (Fsp3) is 0.310. The number of amides is 1. The summed E-state index contributed by atoms with van der Waals surface area (Å²) in [5.41, 5.74) is 6.63. The molecule has 7 nitrogen and oxygen atoms in total. The lowest BCUT2D eigenvalue weighted by Crippen LogP contribution is -2.43. The molecule has 2 heterocycles. The second-order valence-corrected chi connectivity index (χ2v) is 11.3. The largest absolute Gasteiger partial charge is 0.330 e. The fourth-order valence-corrected chi connectivity index (χ4v) is 4.97. The van der Waals surface area contributed by atoms with E-state index >= 15 is 0 Å². The molecule has 0 aliphatic rings. The second kappa shape index (κ2) is 12.1. The molecule has 1 amide bonds. The Morgan fingerprint density at radius 1 is 1.13 bits per heavy atom. The van der Waals surface area contributed by atoms with Gasteiger partial charge in [0.05, 0.1) is 23.7 Å². The number of nitrogens with two attached hydrogens (primary N) is 1. The predicted molar refractivity (Wildman–Crippen MR) is 150 cm³/mol. The van der Waals surface area contributed by atoms with Crippen molar-refractivity contribution in [3.63, 3.8) is 0 Å². The summed E-state index contributed by atoms with van der Waals surface area (Å²) >= 11 is 3.50. The zero-order valence-electron chi connectivity index (χ0n) is 22.1. The zero-order valence-corrected chi connectivity index (χ0v) is 23.7.